The van der Waals surface area contributed by atoms with E-state index < -0.39 is 0 Å². The third kappa shape index (κ3) is 8.24. The Morgan fingerprint density at radius 3 is 2.36 bits per heavy atom. The van der Waals surface area contributed by atoms with E-state index in [9.17, 15) is 0 Å². The van der Waals surface area contributed by atoms with Crippen molar-refractivity contribution in [3.05, 3.63) is 0 Å². The van der Waals surface area contributed by atoms with E-state index in [0.29, 0.717) is 0 Å². The Hall–Kier alpha value is -0.370. The van der Waals surface area contributed by atoms with E-state index >= 15 is 0 Å². The van der Waals surface area contributed by atoms with Crippen molar-refractivity contribution >= 4 is 18.4 Å². The minimum atomic E-state index is 0. The number of halogens is 1. The zero-order chi connectivity index (χ0) is 10.1. The summed E-state index contributed by atoms with van der Waals surface area (Å²) in [4.78, 5) is 10.3. The van der Waals surface area contributed by atoms with E-state index in [4.69, 9.17) is 0 Å². The van der Waals surface area contributed by atoms with Crippen LogP contribution in [0.4, 0.5) is 0 Å². The molecule has 0 saturated heterocycles. The van der Waals surface area contributed by atoms with Crippen molar-refractivity contribution in [1.29, 1.82) is 0 Å². The second kappa shape index (κ2) is 10.7. The van der Waals surface area contributed by atoms with Crippen LogP contribution in [0.3, 0.4) is 0 Å². The number of nitrogens with zero attached hydrogens (tertiary/aromatic N) is 3. The van der Waals surface area contributed by atoms with Crippen molar-refractivity contribution < 1.29 is 0 Å². The molecule has 0 aromatic carbocycles. The Morgan fingerprint density at radius 1 is 1.29 bits per heavy atom. The molecule has 0 heterocycles. The molecule has 0 N–H and O–H groups in total. The lowest BCUT2D eigenvalue weighted by Crippen LogP contribution is -2.25. The quantitative estimate of drug-likeness (QED) is 0.632. The maximum Gasteiger partial charge on any atom is 0.112 e. The summed E-state index contributed by atoms with van der Waals surface area (Å²) < 4.78 is 0. The highest BCUT2D eigenvalue weighted by Gasteiger charge is 2.06. The first-order valence-electron chi connectivity index (χ1n) is 5.00. The predicted octanol–water partition coefficient (Wildman–Crippen LogP) is 2.68. The van der Waals surface area contributed by atoms with Crippen LogP contribution in [0.15, 0.2) is 9.98 Å². The third-order valence-corrected chi connectivity index (χ3v) is 1.85. The summed E-state index contributed by atoms with van der Waals surface area (Å²) in [6.45, 7) is 4.94. The van der Waals surface area contributed by atoms with Crippen LogP contribution in [0.1, 0.15) is 33.1 Å². The van der Waals surface area contributed by atoms with Crippen molar-refractivity contribution in [2.75, 3.05) is 20.6 Å². The molecule has 4 heteroatoms. The van der Waals surface area contributed by atoms with Crippen LogP contribution in [-0.4, -0.2) is 37.7 Å². The SMILES string of the molecule is CCCCC(N=C=NCC)N(C)C.Cl. The first-order valence-corrected chi connectivity index (χ1v) is 5.00. The zero-order valence-corrected chi connectivity index (χ0v) is 10.5. The molecule has 3 nitrogen and oxygen atoms in total. The lowest BCUT2D eigenvalue weighted by atomic mass is 10.2. The summed E-state index contributed by atoms with van der Waals surface area (Å²) in [5.74, 6) is 0. The van der Waals surface area contributed by atoms with Crippen molar-refractivity contribution in [2.45, 2.75) is 39.3 Å². The largest absolute Gasteiger partial charge is 0.287 e. The van der Waals surface area contributed by atoms with Gasteiger partial charge in [-0.3, -0.25) is 4.90 Å². The molecule has 84 valence electrons. The van der Waals surface area contributed by atoms with Gasteiger partial charge in [0, 0.05) is 6.54 Å². The third-order valence-electron chi connectivity index (χ3n) is 1.85. The second-order valence-electron chi connectivity index (χ2n) is 3.29. The van der Waals surface area contributed by atoms with E-state index in [1.165, 1.54) is 12.8 Å². The molecule has 0 bridgehead atoms. The van der Waals surface area contributed by atoms with Crippen LogP contribution in [0.2, 0.25) is 0 Å². The minimum absolute atomic E-state index is 0. The Kier molecular flexibility index (Phi) is 12.3. The standard InChI is InChI=1S/C10H21N3.ClH/c1-5-7-8-10(13(3)4)12-9-11-6-2;/h10H,5-8H2,1-4H3;1H. The van der Waals surface area contributed by atoms with Crippen LogP contribution in [-0.2, 0) is 0 Å². The molecular weight excluding hydrogens is 198 g/mol. The maximum absolute atomic E-state index is 4.26. The van der Waals surface area contributed by atoms with Crippen molar-refractivity contribution in [1.82, 2.24) is 4.90 Å². The number of hydrogen-bond acceptors (Lipinski definition) is 3. The Balaban J connectivity index is 0. The molecule has 0 fully saturated rings. The normalized spacial score (nSPS) is 11.5. The number of rotatable bonds is 6. The van der Waals surface area contributed by atoms with Crippen molar-refractivity contribution in [3.8, 4) is 0 Å². The molecule has 1 unspecified atom stereocenters. The zero-order valence-electron chi connectivity index (χ0n) is 9.66. The van der Waals surface area contributed by atoms with Gasteiger partial charge in [0.1, 0.15) is 6.17 Å². The average molecular weight is 220 g/mol. The maximum atomic E-state index is 4.26. The Morgan fingerprint density at radius 2 is 1.93 bits per heavy atom. The van der Waals surface area contributed by atoms with Gasteiger partial charge in [0.05, 0.1) is 6.01 Å². The molecule has 0 radical (unpaired) electrons. The molecule has 0 aliphatic rings. The highest BCUT2D eigenvalue weighted by atomic mass is 35.5. The number of aliphatic imine (C=N–C) groups is 2. The van der Waals surface area contributed by atoms with Gasteiger partial charge in [0.2, 0.25) is 0 Å². The smallest absolute Gasteiger partial charge is 0.112 e. The van der Waals surface area contributed by atoms with Crippen molar-refractivity contribution in [3.63, 3.8) is 0 Å². The van der Waals surface area contributed by atoms with Crippen LogP contribution < -0.4 is 0 Å². The van der Waals surface area contributed by atoms with E-state index in [0.717, 1.165) is 13.0 Å². The van der Waals surface area contributed by atoms with E-state index in [1.54, 1.807) is 0 Å². The topological polar surface area (TPSA) is 28.0 Å². The van der Waals surface area contributed by atoms with E-state index in [-0.39, 0.29) is 18.6 Å². The summed E-state index contributed by atoms with van der Waals surface area (Å²) in [5.41, 5.74) is 0. The molecule has 14 heavy (non-hydrogen) atoms. The Bertz CT molecular complexity index is 174. The van der Waals surface area contributed by atoms with Gasteiger partial charge in [-0.2, -0.15) is 0 Å². The number of hydrogen-bond donors (Lipinski definition) is 0. The fourth-order valence-corrected chi connectivity index (χ4v) is 1.00. The lowest BCUT2D eigenvalue weighted by Gasteiger charge is -2.17. The van der Waals surface area contributed by atoms with E-state index in [2.05, 4.69) is 27.8 Å². The van der Waals surface area contributed by atoms with Gasteiger partial charge >= 0.3 is 0 Å². The first-order chi connectivity index (χ1) is 6.22. The van der Waals surface area contributed by atoms with E-state index in [1.807, 2.05) is 21.0 Å². The minimum Gasteiger partial charge on any atom is -0.287 e. The highest BCUT2D eigenvalue weighted by Crippen LogP contribution is 2.05. The highest BCUT2D eigenvalue weighted by molar-refractivity contribution is 5.85. The molecule has 0 spiro atoms. The second-order valence-corrected chi connectivity index (χ2v) is 3.29. The fourth-order valence-electron chi connectivity index (χ4n) is 1.00. The van der Waals surface area contributed by atoms with Gasteiger partial charge in [-0.15, -0.1) is 12.4 Å². The molecule has 0 rings (SSSR count). The molecule has 0 aromatic heterocycles. The number of unbranched alkanes of at least 4 members (excludes halogenated alkanes) is 1. The summed E-state index contributed by atoms with van der Waals surface area (Å²) in [6.07, 6.45) is 3.76. The van der Waals surface area contributed by atoms with Gasteiger partial charge < -0.3 is 0 Å². The predicted molar refractivity (Wildman–Crippen MR) is 64.7 cm³/mol. The van der Waals surface area contributed by atoms with Gasteiger partial charge in [-0.25, -0.2) is 9.98 Å². The molecule has 0 aliphatic heterocycles. The van der Waals surface area contributed by atoms with Crippen LogP contribution in [0.25, 0.3) is 0 Å². The van der Waals surface area contributed by atoms with Crippen LogP contribution in [0.5, 0.6) is 0 Å². The molecule has 0 aromatic rings. The van der Waals surface area contributed by atoms with Crippen molar-refractivity contribution in [2.24, 2.45) is 9.98 Å². The summed E-state index contributed by atoms with van der Waals surface area (Å²) >= 11 is 0. The average Bonchev–Trinajstić information content (AvgIpc) is 2.10. The molecule has 0 aliphatic carbocycles. The lowest BCUT2D eigenvalue weighted by molar-refractivity contribution is 0.283. The molecular formula is C10H22ClN3. The van der Waals surface area contributed by atoms with Crippen LogP contribution >= 0.6 is 12.4 Å². The molecule has 0 amide bonds. The Labute approximate surface area is 93.7 Å². The van der Waals surface area contributed by atoms with Gasteiger partial charge in [-0.1, -0.05) is 19.8 Å². The van der Waals surface area contributed by atoms with Gasteiger partial charge in [-0.05, 0) is 27.4 Å². The first kappa shape index (κ1) is 16.1. The molecule has 0 saturated carbocycles. The van der Waals surface area contributed by atoms with Gasteiger partial charge in [0.25, 0.3) is 0 Å². The van der Waals surface area contributed by atoms with Crippen LogP contribution in [0, 0.1) is 0 Å². The summed E-state index contributed by atoms with van der Waals surface area (Å²) in [7, 11) is 4.08. The monoisotopic (exact) mass is 219 g/mol. The summed E-state index contributed by atoms with van der Waals surface area (Å²) in [5, 5.41) is 0. The van der Waals surface area contributed by atoms with Gasteiger partial charge in [0.15, 0.2) is 0 Å². The summed E-state index contributed by atoms with van der Waals surface area (Å²) in [6, 6.07) is 2.73. The fraction of sp³-hybridized carbons (Fsp3) is 0.900. The molecule has 1 atom stereocenters.